The number of aliphatic hydroxyl groups is 2. The summed E-state index contributed by atoms with van der Waals surface area (Å²) in [5.41, 5.74) is 1.16. The summed E-state index contributed by atoms with van der Waals surface area (Å²) in [6, 6.07) is 16.6. The Balaban J connectivity index is 1.74. The quantitative estimate of drug-likeness (QED) is 0.447. The van der Waals surface area contributed by atoms with Crippen molar-refractivity contribution in [3.8, 4) is 0 Å². The minimum Gasteiger partial charge on any atom is -0.382 e. The maximum atomic E-state index is 13.4. The fourth-order valence-corrected chi connectivity index (χ4v) is 3.41. The lowest BCUT2D eigenvalue weighted by molar-refractivity contribution is 0.102. The Bertz CT molecular complexity index is 1150. The van der Waals surface area contributed by atoms with E-state index in [4.69, 9.17) is 0 Å². The molecule has 0 saturated carbocycles. The average Bonchev–Trinajstić information content (AvgIpc) is 2.83. The van der Waals surface area contributed by atoms with E-state index < -0.39 is 29.6 Å². The number of carbonyl (C=O) groups is 1. The van der Waals surface area contributed by atoms with Crippen LogP contribution < -0.4 is 0 Å². The van der Waals surface area contributed by atoms with Gasteiger partial charge in [-0.25, -0.2) is 8.78 Å². The second-order valence-corrected chi connectivity index (χ2v) is 7.11. The van der Waals surface area contributed by atoms with Crippen molar-refractivity contribution in [2.75, 3.05) is 0 Å². The molecule has 0 fully saturated rings. The summed E-state index contributed by atoms with van der Waals surface area (Å²) < 4.78 is 26.5. The third-order valence-corrected chi connectivity index (χ3v) is 5.06. The molecule has 5 nitrogen and oxygen atoms in total. The number of pyridine rings is 2. The smallest absolute Gasteiger partial charge is 0.196 e. The number of carbonyl (C=O) groups excluding carboxylic acids is 1. The van der Waals surface area contributed by atoms with Gasteiger partial charge in [-0.05, 0) is 59.7 Å². The summed E-state index contributed by atoms with van der Waals surface area (Å²) in [6.07, 6.45) is 0.350. The van der Waals surface area contributed by atoms with Crippen LogP contribution in [0.5, 0.6) is 0 Å². The summed E-state index contributed by atoms with van der Waals surface area (Å²) in [4.78, 5) is 21.8. The lowest BCUT2D eigenvalue weighted by Gasteiger charge is -2.17. The average molecular weight is 432 g/mol. The number of halogens is 2. The molecule has 4 rings (SSSR count). The normalized spacial score (nSPS) is 12.9. The van der Waals surface area contributed by atoms with Crippen molar-refractivity contribution in [1.82, 2.24) is 9.97 Å². The van der Waals surface area contributed by atoms with Gasteiger partial charge in [-0.15, -0.1) is 0 Å². The second-order valence-electron chi connectivity index (χ2n) is 7.11. The van der Waals surface area contributed by atoms with Gasteiger partial charge in [-0.2, -0.15) is 0 Å². The van der Waals surface area contributed by atoms with E-state index in [1.54, 1.807) is 12.1 Å². The third kappa shape index (κ3) is 4.30. The van der Waals surface area contributed by atoms with Gasteiger partial charge in [0.15, 0.2) is 5.78 Å². The molecule has 160 valence electrons. The predicted octanol–water partition coefficient (Wildman–Crippen LogP) is 4.15. The van der Waals surface area contributed by atoms with Crippen LogP contribution >= 0.6 is 0 Å². The van der Waals surface area contributed by atoms with Crippen LogP contribution in [0.15, 0.2) is 85.2 Å². The Morgan fingerprint density at radius 2 is 1.03 bits per heavy atom. The molecule has 7 heteroatoms. The molecule has 0 aliphatic rings. The van der Waals surface area contributed by atoms with Crippen LogP contribution in [-0.2, 0) is 0 Å². The van der Waals surface area contributed by atoms with E-state index in [-0.39, 0.29) is 22.5 Å². The Morgan fingerprint density at radius 3 is 1.41 bits per heavy atom. The lowest BCUT2D eigenvalue weighted by atomic mass is 9.93. The first-order chi connectivity index (χ1) is 15.5. The number of aliphatic hydroxyl groups excluding tert-OH is 2. The number of benzene rings is 2. The van der Waals surface area contributed by atoms with Crippen molar-refractivity contribution >= 4 is 5.78 Å². The standard InChI is InChI=1S/C25H18F2N2O3/c26-17-9-5-15(6-10-17)23(30)21-19(3-1-13-28-21)25(32)20-4-2-14-29-22(20)24(31)16-7-11-18(27)12-8-16/h1-14,23-24,30-31H. The first-order valence-electron chi connectivity index (χ1n) is 9.77. The molecule has 2 atom stereocenters. The largest absolute Gasteiger partial charge is 0.382 e. The van der Waals surface area contributed by atoms with Crippen LogP contribution in [-0.4, -0.2) is 26.0 Å². The first-order valence-corrected chi connectivity index (χ1v) is 9.77. The molecule has 0 saturated heterocycles. The zero-order valence-corrected chi connectivity index (χ0v) is 16.7. The number of nitrogens with zero attached hydrogens (tertiary/aromatic N) is 2. The van der Waals surface area contributed by atoms with Gasteiger partial charge in [-0.3, -0.25) is 14.8 Å². The van der Waals surface area contributed by atoms with Crippen molar-refractivity contribution in [3.63, 3.8) is 0 Å². The number of ketones is 1. The predicted molar refractivity (Wildman–Crippen MR) is 113 cm³/mol. The molecule has 2 aromatic carbocycles. The van der Waals surface area contributed by atoms with Gasteiger partial charge >= 0.3 is 0 Å². The van der Waals surface area contributed by atoms with Gasteiger partial charge < -0.3 is 10.2 Å². The van der Waals surface area contributed by atoms with E-state index in [2.05, 4.69) is 9.97 Å². The van der Waals surface area contributed by atoms with Gasteiger partial charge in [-0.1, -0.05) is 24.3 Å². The minimum absolute atomic E-state index is 0.0928. The van der Waals surface area contributed by atoms with Gasteiger partial charge in [0.2, 0.25) is 0 Å². The summed E-state index contributed by atoms with van der Waals surface area (Å²) in [7, 11) is 0. The molecule has 2 heterocycles. The monoisotopic (exact) mass is 432 g/mol. The van der Waals surface area contributed by atoms with Crippen molar-refractivity contribution in [2.45, 2.75) is 12.2 Å². The van der Waals surface area contributed by atoms with E-state index in [0.717, 1.165) is 0 Å². The van der Waals surface area contributed by atoms with Crippen LogP contribution in [0, 0.1) is 11.6 Å². The Kier molecular flexibility index (Phi) is 6.11. The molecule has 0 amide bonds. The maximum Gasteiger partial charge on any atom is 0.196 e. The van der Waals surface area contributed by atoms with Gasteiger partial charge in [0.25, 0.3) is 0 Å². The molecule has 2 aromatic heterocycles. The Morgan fingerprint density at radius 1 is 0.656 bits per heavy atom. The number of hydrogen-bond acceptors (Lipinski definition) is 5. The van der Waals surface area contributed by atoms with Crippen molar-refractivity contribution in [1.29, 1.82) is 0 Å². The van der Waals surface area contributed by atoms with Crippen molar-refractivity contribution in [2.24, 2.45) is 0 Å². The van der Waals surface area contributed by atoms with Crippen LogP contribution in [0.4, 0.5) is 8.78 Å². The highest BCUT2D eigenvalue weighted by Crippen LogP contribution is 2.28. The van der Waals surface area contributed by atoms with E-state index in [0.29, 0.717) is 11.1 Å². The molecular formula is C25H18F2N2O3. The maximum absolute atomic E-state index is 13.4. The number of hydrogen-bond donors (Lipinski definition) is 2. The summed E-state index contributed by atoms with van der Waals surface area (Å²) in [5.74, 6) is -1.40. The highest BCUT2D eigenvalue weighted by molar-refractivity contribution is 6.10. The molecule has 0 bridgehead atoms. The first kappa shape index (κ1) is 21.4. The molecule has 2 N–H and O–H groups in total. The van der Waals surface area contributed by atoms with E-state index in [1.807, 2.05) is 0 Å². The Hall–Kier alpha value is -3.81. The molecule has 0 aliphatic heterocycles. The fourth-order valence-electron chi connectivity index (χ4n) is 3.41. The summed E-state index contributed by atoms with van der Waals surface area (Å²) in [5, 5.41) is 21.6. The fraction of sp³-hybridized carbons (Fsp3) is 0.0800. The molecule has 0 aliphatic carbocycles. The number of aromatic nitrogens is 2. The highest BCUT2D eigenvalue weighted by atomic mass is 19.1. The van der Waals surface area contributed by atoms with Crippen molar-refractivity contribution < 1.29 is 23.8 Å². The van der Waals surface area contributed by atoms with Crippen LogP contribution in [0.25, 0.3) is 0 Å². The lowest BCUT2D eigenvalue weighted by Crippen LogP contribution is -2.16. The third-order valence-electron chi connectivity index (χ3n) is 5.06. The SMILES string of the molecule is O=C(c1cccnc1C(O)c1ccc(F)cc1)c1cccnc1C(O)c1ccc(F)cc1. The zero-order chi connectivity index (χ0) is 22.7. The molecule has 32 heavy (non-hydrogen) atoms. The molecule has 0 radical (unpaired) electrons. The minimum atomic E-state index is -1.27. The van der Waals surface area contributed by atoms with Crippen LogP contribution in [0.3, 0.4) is 0 Å². The second kappa shape index (κ2) is 9.13. The van der Waals surface area contributed by atoms with Crippen molar-refractivity contribution in [3.05, 3.63) is 130 Å². The summed E-state index contributed by atoms with van der Waals surface area (Å²) in [6.45, 7) is 0. The zero-order valence-electron chi connectivity index (χ0n) is 16.7. The van der Waals surface area contributed by atoms with Gasteiger partial charge in [0.05, 0.1) is 11.4 Å². The molecule has 2 unspecified atom stereocenters. The van der Waals surface area contributed by atoms with Crippen LogP contribution in [0.2, 0.25) is 0 Å². The molecular weight excluding hydrogens is 414 g/mol. The Labute approximate surface area is 182 Å². The van der Waals surface area contributed by atoms with E-state index >= 15 is 0 Å². The highest BCUT2D eigenvalue weighted by Gasteiger charge is 2.26. The number of rotatable bonds is 6. The van der Waals surface area contributed by atoms with E-state index in [9.17, 15) is 23.8 Å². The van der Waals surface area contributed by atoms with Gasteiger partial charge in [0.1, 0.15) is 23.8 Å². The summed E-state index contributed by atoms with van der Waals surface area (Å²) >= 11 is 0. The van der Waals surface area contributed by atoms with E-state index in [1.165, 1.54) is 73.1 Å². The molecule has 4 aromatic rings. The van der Waals surface area contributed by atoms with Gasteiger partial charge in [0, 0.05) is 23.5 Å². The van der Waals surface area contributed by atoms with Crippen LogP contribution in [0.1, 0.15) is 50.6 Å². The topological polar surface area (TPSA) is 83.3 Å². The molecule has 0 spiro atoms.